The molecule has 5 nitrogen and oxygen atoms in total. The normalized spacial score (nSPS) is 10.1. The highest BCUT2D eigenvalue weighted by Gasteiger charge is 2.10. The van der Waals surface area contributed by atoms with Crippen LogP contribution in [0.4, 0.5) is 11.4 Å². The van der Waals surface area contributed by atoms with Crippen molar-refractivity contribution in [1.82, 2.24) is 9.97 Å². The van der Waals surface area contributed by atoms with Crippen molar-refractivity contribution >= 4 is 33.2 Å². The molecule has 0 aromatic carbocycles. The lowest BCUT2D eigenvalue weighted by molar-refractivity contribution is 0.102. The van der Waals surface area contributed by atoms with Gasteiger partial charge in [-0.2, -0.15) is 0 Å². The van der Waals surface area contributed by atoms with Crippen LogP contribution in [0.1, 0.15) is 10.4 Å². The van der Waals surface area contributed by atoms with Gasteiger partial charge in [-0.15, -0.1) is 0 Å². The summed E-state index contributed by atoms with van der Waals surface area (Å²) < 4.78 is 0.624. The molecule has 0 spiro atoms. The summed E-state index contributed by atoms with van der Waals surface area (Å²) in [6, 6.07) is 5.17. The topological polar surface area (TPSA) is 58.1 Å². The Morgan fingerprint density at radius 3 is 2.79 bits per heavy atom. The Labute approximate surface area is 119 Å². The molecule has 1 N–H and O–H groups in total. The molecule has 0 atom stereocenters. The van der Waals surface area contributed by atoms with Crippen LogP contribution < -0.4 is 10.2 Å². The Morgan fingerprint density at radius 2 is 2.11 bits per heavy atom. The lowest BCUT2D eigenvalue weighted by Gasteiger charge is -2.17. The van der Waals surface area contributed by atoms with Gasteiger partial charge in [-0.3, -0.25) is 9.78 Å². The number of nitrogens with zero attached hydrogens (tertiary/aromatic N) is 3. The summed E-state index contributed by atoms with van der Waals surface area (Å²) in [7, 11) is 3.82. The van der Waals surface area contributed by atoms with Crippen molar-refractivity contribution in [2.45, 2.75) is 0 Å². The number of anilines is 2. The van der Waals surface area contributed by atoms with E-state index < -0.39 is 0 Å². The van der Waals surface area contributed by atoms with Crippen molar-refractivity contribution in [3.63, 3.8) is 0 Å². The van der Waals surface area contributed by atoms with E-state index in [1.807, 2.05) is 25.1 Å². The number of hydrogen-bond acceptors (Lipinski definition) is 4. The van der Waals surface area contributed by atoms with Crippen LogP contribution in [0.25, 0.3) is 0 Å². The second kappa shape index (κ2) is 5.79. The minimum absolute atomic E-state index is 0.195. The van der Waals surface area contributed by atoms with Gasteiger partial charge in [-0.05, 0) is 34.1 Å². The number of amides is 1. The molecule has 98 valence electrons. The fourth-order valence-corrected chi connectivity index (χ4v) is 1.98. The van der Waals surface area contributed by atoms with Crippen LogP contribution in [0.3, 0.4) is 0 Å². The van der Waals surface area contributed by atoms with Gasteiger partial charge in [-0.1, -0.05) is 0 Å². The fourth-order valence-electron chi connectivity index (χ4n) is 1.61. The first-order valence-corrected chi connectivity index (χ1v) is 6.41. The molecule has 0 unspecified atom stereocenters. The first-order valence-electron chi connectivity index (χ1n) is 5.62. The van der Waals surface area contributed by atoms with Gasteiger partial charge >= 0.3 is 0 Å². The van der Waals surface area contributed by atoms with Crippen LogP contribution in [0.15, 0.2) is 41.4 Å². The van der Waals surface area contributed by atoms with Gasteiger partial charge in [-0.25, -0.2) is 4.98 Å². The van der Waals surface area contributed by atoms with Gasteiger partial charge in [0.25, 0.3) is 5.91 Å². The van der Waals surface area contributed by atoms with Crippen LogP contribution in [0.2, 0.25) is 0 Å². The van der Waals surface area contributed by atoms with Gasteiger partial charge in [0.05, 0.1) is 17.6 Å². The summed E-state index contributed by atoms with van der Waals surface area (Å²) in [4.78, 5) is 22.1. The minimum Gasteiger partial charge on any atom is -0.376 e. The van der Waals surface area contributed by atoms with Crippen LogP contribution >= 0.6 is 15.9 Å². The zero-order valence-electron chi connectivity index (χ0n) is 10.6. The van der Waals surface area contributed by atoms with Gasteiger partial charge in [0.2, 0.25) is 0 Å². The summed E-state index contributed by atoms with van der Waals surface area (Å²) in [5.74, 6) is -0.195. The van der Waals surface area contributed by atoms with E-state index >= 15 is 0 Å². The molecule has 0 saturated carbocycles. The molecule has 2 aromatic heterocycles. The molecule has 0 aliphatic heterocycles. The smallest absolute Gasteiger partial charge is 0.255 e. The van der Waals surface area contributed by atoms with E-state index in [2.05, 4.69) is 31.2 Å². The summed E-state index contributed by atoms with van der Waals surface area (Å²) in [6.07, 6.45) is 4.90. The highest BCUT2D eigenvalue weighted by Crippen LogP contribution is 2.23. The van der Waals surface area contributed by atoms with Crippen LogP contribution in [-0.2, 0) is 0 Å². The zero-order valence-corrected chi connectivity index (χ0v) is 12.2. The Balaban J connectivity index is 2.24. The molecule has 0 aliphatic rings. The molecule has 0 radical (unpaired) electrons. The zero-order chi connectivity index (χ0) is 13.8. The molecule has 0 saturated heterocycles. The van der Waals surface area contributed by atoms with E-state index in [0.717, 1.165) is 5.69 Å². The van der Waals surface area contributed by atoms with Crippen molar-refractivity contribution in [2.24, 2.45) is 0 Å². The Bertz CT molecular complexity index is 601. The molecular weight excluding hydrogens is 308 g/mol. The van der Waals surface area contributed by atoms with E-state index in [1.54, 1.807) is 30.7 Å². The minimum atomic E-state index is -0.195. The standard InChI is InChI=1S/C13H13BrN4O/c1-18(2)11-4-5-15-8-10(11)17-13(19)9-3-6-16-12(14)7-9/h3-8H,1-2H3,(H,17,19). The molecule has 2 aromatic rings. The number of pyridine rings is 2. The van der Waals surface area contributed by atoms with E-state index in [0.29, 0.717) is 15.9 Å². The maximum absolute atomic E-state index is 12.1. The summed E-state index contributed by atoms with van der Waals surface area (Å²) in [5, 5.41) is 2.84. The second-order valence-corrected chi connectivity index (χ2v) is 4.92. The van der Waals surface area contributed by atoms with Gasteiger partial charge < -0.3 is 10.2 Å². The predicted octanol–water partition coefficient (Wildman–Crippen LogP) is 2.56. The number of aromatic nitrogens is 2. The molecule has 0 fully saturated rings. The van der Waals surface area contributed by atoms with Crippen molar-refractivity contribution in [1.29, 1.82) is 0 Å². The largest absolute Gasteiger partial charge is 0.376 e. The Hall–Kier alpha value is -1.95. The number of nitrogens with one attached hydrogen (secondary N) is 1. The molecule has 2 rings (SSSR count). The average Bonchev–Trinajstić information content (AvgIpc) is 2.39. The van der Waals surface area contributed by atoms with Crippen LogP contribution in [-0.4, -0.2) is 30.0 Å². The van der Waals surface area contributed by atoms with E-state index in [4.69, 9.17) is 0 Å². The Kier molecular flexibility index (Phi) is 4.11. The van der Waals surface area contributed by atoms with Gasteiger partial charge in [0.1, 0.15) is 4.60 Å². The lowest BCUT2D eigenvalue weighted by Crippen LogP contribution is -2.17. The number of carbonyl (C=O) groups is 1. The third kappa shape index (κ3) is 3.29. The highest BCUT2D eigenvalue weighted by atomic mass is 79.9. The van der Waals surface area contributed by atoms with Gasteiger partial charge in [0, 0.05) is 32.1 Å². The van der Waals surface area contributed by atoms with E-state index in [9.17, 15) is 4.79 Å². The maximum atomic E-state index is 12.1. The first kappa shape index (κ1) is 13.5. The average molecular weight is 321 g/mol. The number of halogens is 1. The van der Waals surface area contributed by atoms with Crippen LogP contribution in [0.5, 0.6) is 0 Å². The van der Waals surface area contributed by atoms with Crippen molar-refractivity contribution in [3.05, 3.63) is 47.0 Å². The molecule has 2 heterocycles. The Morgan fingerprint density at radius 1 is 1.32 bits per heavy atom. The number of carbonyl (C=O) groups excluding carboxylic acids is 1. The number of rotatable bonds is 3. The summed E-state index contributed by atoms with van der Waals surface area (Å²) in [5.41, 5.74) is 2.11. The summed E-state index contributed by atoms with van der Waals surface area (Å²) >= 11 is 3.24. The second-order valence-electron chi connectivity index (χ2n) is 4.11. The number of hydrogen-bond donors (Lipinski definition) is 1. The van der Waals surface area contributed by atoms with E-state index in [1.165, 1.54) is 0 Å². The van der Waals surface area contributed by atoms with Crippen molar-refractivity contribution < 1.29 is 4.79 Å². The van der Waals surface area contributed by atoms with Crippen LogP contribution in [0, 0.1) is 0 Å². The maximum Gasteiger partial charge on any atom is 0.255 e. The molecule has 19 heavy (non-hydrogen) atoms. The SMILES string of the molecule is CN(C)c1ccncc1NC(=O)c1ccnc(Br)c1. The van der Waals surface area contributed by atoms with Crippen molar-refractivity contribution in [2.75, 3.05) is 24.3 Å². The summed E-state index contributed by atoms with van der Waals surface area (Å²) in [6.45, 7) is 0. The van der Waals surface area contributed by atoms with Gasteiger partial charge in [0.15, 0.2) is 0 Å². The van der Waals surface area contributed by atoms with E-state index in [-0.39, 0.29) is 5.91 Å². The van der Waals surface area contributed by atoms with Crippen molar-refractivity contribution in [3.8, 4) is 0 Å². The monoisotopic (exact) mass is 320 g/mol. The molecule has 1 amide bonds. The molecule has 6 heteroatoms. The molecule has 0 aliphatic carbocycles. The third-order valence-electron chi connectivity index (χ3n) is 2.52. The fraction of sp³-hybridized carbons (Fsp3) is 0.154. The molecule has 0 bridgehead atoms. The lowest BCUT2D eigenvalue weighted by atomic mass is 10.2. The molecular formula is C13H13BrN4O. The third-order valence-corrected chi connectivity index (χ3v) is 2.95. The highest BCUT2D eigenvalue weighted by molar-refractivity contribution is 9.10. The predicted molar refractivity (Wildman–Crippen MR) is 78.5 cm³/mol. The quantitative estimate of drug-likeness (QED) is 0.883. The first-order chi connectivity index (χ1) is 9.08.